The minimum absolute atomic E-state index is 0.0270. The Bertz CT molecular complexity index is 299. The van der Waals surface area contributed by atoms with Crippen molar-refractivity contribution in [2.45, 2.75) is 45.1 Å². The lowest BCUT2D eigenvalue weighted by atomic mass is 9.97. The van der Waals surface area contributed by atoms with Crippen molar-refractivity contribution in [1.82, 2.24) is 15.5 Å². The average molecular weight is 269 g/mol. The Balaban J connectivity index is 2.40. The normalized spacial score (nSPS) is 17.5. The van der Waals surface area contributed by atoms with Gasteiger partial charge >= 0.3 is 0 Å². The van der Waals surface area contributed by atoms with Gasteiger partial charge in [0.1, 0.15) is 6.04 Å². The van der Waals surface area contributed by atoms with Gasteiger partial charge in [0, 0.05) is 13.5 Å². The lowest BCUT2D eigenvalue weighted by Gasteiger charge is -2.23. The fourth-order valence-electron chi connectivity index (χ4n) is 2.62. The second kappa shape index (κ2) is 8.15. The second-order valence-electron chi connectivity index (χ2n) is 5.67. The average Bonchev–Trinajstić information content (AvgIpc) is 2.84. The van der Waals surface area contributed by atoms with Crippen LogP contribution in [0.15, 0.2) is 0 Å². The summed E-state index contributed by atoms with van der Waals surface area (Å²) in [5, 5.41) is 5.75. The van der Waals surface area contributed by atoms with Gasteiger partial charge in [0.2, 0.25) is 11.8 Å². The van der Waals surface area contributed by atoms with E-state index in [1.54, 1.807) is 0 Å². The number of carbonyl (C=O) groups is 2. The van der Waals surface area contributed by atoms with Crippen LogP contribution < -0.4 is 10.6 Å². The largest absolute Gasteiger partial charge is 0.354 e. The zero-order chi connectivity index (χ0) is 14.3. The summed E-state index contributed by atoms with van der Waals surface area (Å²) in [6.45, 7) is 3.09. The highest BCUT2D eigenvalue weighted by Gasteiger charge is 2.30. The Kier molecular flexibility index (Phi) is 6.84. The molecule has 2 N–H and O–H groups in total. The first-order valence-corrected chi connectivity index (χ1v) is 7.20. The van der Waals surface area contributed by atoms with E-state index in [0.29, 0.717) is 12.5 Å². The van der Waals surface area contributed by atoms with Crippen molar-refractivity contribution in [3.8, 4) is 0 Å². The number of hydrogen-bond donors (Lipinski definition) is 2. The Morgan fingerprint density at radius 1 is 1.26 bits per heavy atom. The molecule has 1 saturated carbocycles. The molecule has 0 spiro atoms. The van der Waals surface area contributed by atoms with Gasteiger partial charge in [-0.3, -0.25) is 9.59 Å². The Morgan fingerprint density at radius 3 is 2.42 bits per heavy atom. The summed E-state index contributed by atoms with van der Waals surface area (Å²) < 4.78 is 0. The number of nitrogens with zero attached hydrogens (tertiary/aromatic N) is 1. The zero-order valence-corrected chi connectivity index (χ0v) is 12.4. The first-order chi connectivity index (χ1) is 9.00. The molecule has 19 heavy (non-hydrogen) atoms. The SMILES string of the molecule is CC(=O)NC(C(=O)NCCCN(C)C)C1CCCC1. The van der Waals surface area contributed by atoms with E-state index < -0.39 is 0 Å². The molecule has 1 aliphatic carbocycles. The number of amides is 2. The van der Waals surface area contributed by atoms with E-state index in [2.05, 4.69) is 15.5 Å². The summed E-state index contributed by atoms with van der Waals surface area (Å²) in [4.78, 5) is 25.5. The van der Waals surface area contributed by atoms with Crippen molar-refractivity contribution in [2.24, 2.45) is 5.92 Å². The topological polar surface area (TPSA) is 61.4 Å². The lowest BCUT2D eigenvalue weighted by Crippen LogP contribution is -2.50. The van der Waals surface area contributed by atoms with Crippen molar-refractivity contribution in [1.29, 1.82) is 0 Å². The van der Waals surface area contributed by atoms with Crippen LogP contribution in [0.3, 0.4) is 0 Å². The molecule has 1 rings (SSSR count). The fraction of sp³-hybridized carbons (Fsp3) is 0.857. The van der Waals surface area contributed by atoms with Crippen molar-refractivity contribution in [2.75, 3.05) is 27.2 Å². The molecule has 0 aliphatic heterocycles. The highest BCUT2D eigenvalue weighted by atomic mass is 16.2. The van der Waals surface area contributed by atoms with Crippen LogP contribution in [0.1, 0.15) is 39.0 Å². The third-order valence-electron chi connectivity index (χ3n) is 3.59. The van der Waals surface area contributed by atoms with Crippen molar-refractivity contribution < 1.29 is 9.59 Å². The van der Waals surface area contributed by atoms with Crippen molar-refractivity contribution >= 4 is 11.8 Å². The van der Waals surface area contributed by atoms with E-state index in [4.69, 9.17) is 0 Å². The number of hydrogen-bond acceptors (Lipinski definition) is 3. The van der Waals surface area contributed by atoms with Gasteiger partial charge in [0.25, 0.3) is 0 Å². The maximum atomic E-state index is 12.2. The van der Waals surface area contributed by atoms with Gasteiger partial charge in [-0.05, 0) is 45.8 Å². The van der Waals surface area contributed by atoms with Gasteiger partial charge in [-0.2, -0.15) is 0 Å². The summed E-state index contributed by atoms with van der Waals surface area (Å²) >= 11 is 0. The van der Waals surface area contributed by atoms with Crippen LogP contribution in [-0.2, 0) is 9.59 Å². The number of nitrogens with one attached hydrogen (secondary N) is 2. The maximum Gasteiger partial charge on any atom is 0.242 e. The number of carbonyl (C=O) groups excluding carboxylic acids is 2. The van der Waals surface area contributed by atoms with Gasteiger partial charge in [-0.15, -0.1) is 0 Å². The molecule has 0 heterocycles. The summed E-state index contributed by atoms with van der Waals surface area (Å²) in [5.74, 6) is 0.152. The minimum atomic E-state index is -0.348. The lowest BCUT2D eigenvalue weighted by molar-refractivity contribution is -0.129. The molecule has 1 fully saturated rings. The van der Waals surface area contributed by atoms with Crippen LogP contribution in [0, 0.1) is 5.92 Å². The number of rotatable bonds is 7. The Hall–Kier alpha value is -1.10. The van der Waals surface area contributed by atoms with Crippen molar-refractivity contribution in [3.05, 3.63) is 0 Å². The summed E-state index contributed by atoms with van der Waals surface area (Å²) in [5.41, 5.74) is 0. The van der Waals surface area contributed by atoms with Gasteiger partial charge < -0.3 is 15.5 Å². The van der Waals surface area contributed by atoms with Crippen LogP contribution in [0.2, 0.25) is 0 Å². The first-order valence-electron chi connectivity index (χ1n) is 7.20. The van der Waals surface area contributed by atoms with Gasteiger partial charge in [0.15, 0.2) is 0 Å². The third-order valence-corrected chi connectivity index (χ3v) is 3.59. The predicted octanol–water partition coefficient (Wildman–Crippen LogP) is 0.749. The van der Waals surface area contributed by atoms with Gasteiger partial charge in [0.05, 0.1) is 0 Å². The van der Waals surface area contributed by atoms with Crippen LogP contribution in [0.4, 0.5) is 0 Å². The van der Waals surface area contributed by atoms with E-state index in [1.807, 2.05) is 14.1 Å². The summed E-state index contributed by atoms with van der Waals surface area (Å²) in [7, 11) is 4.03. The minimum Gasteiger partial charge on any atom is -0.354 e. The third kappa shape index (κ3) is 6.05. The van der Waals surface area contributed by atoms with Crippen LogP contribution in [-0.4, -0.2) is 49.9 Å². The predicted molar refractivity (Wildman–Crippen MR) is 75.7 cm³/mol. The molecule has 1 aliphatic rings. The molecule has 1 unspecified atom stereocenters. The molecule has 0 aromatic heterocycles. The highest BCUT2D eigenvalue weighted by Crippen LogP contribution is 2.27. The molecule has 0 saturated heterocycles. The molecule has 1 atom stereocenters. The first kappa shape index (κ1) is 16.0. The molecular weight excluding hydrogens is 242 g/mol. The summed E-state index contributed by atoms with van der Waals surface area (Å²) in [6.07, 6.45) is 5.33. The molecule has 0 radical (unpaired) electrons. The van der Waals surface area contributed by atoms with E-state index >= 15 is 0 Å². The van der Waals surface area contributed by atoms with E-state index in [9.17, 15) is 9.59 Å². The zero-order valence-electron chi connectivity index (χ0n) is 12.4. The second-order valence-corrected chi connectivity index (χ2v) is 5.67. The van der Waals surface area contributed by atoms with E-state index in [0.717, 1.165) is 38.6 Å². The van der Waals surface area contributed by atoms with Gasteiger partial charge in [-0.1, -0.05) is 12.8 Å². The maximum absolute atomic E-state index is 12.2. The molecule has 110 valence electrons. The quantitative estimate of drug-likeness (QED) is 0.670. The molecule has 5 heteroatoms. The molecule has 0 aromatic carbocycles. The highest BCUT2D eigenvalue weighted by molar-refractivity contribution is 5.87. The summed E-state index contributed by atoms with van der Waals surface area (Å²) in [6, 6.07) is -0.348. The van der Waals surface area contributed by atoms with Crippen LogP contribution >= 0.6 is 0 Å². The Morgan fingerprint density at radius 2 is 1.89 bits per heavy atom. The van der Waals surface area contributed by atoms with E-state index in [-0.39, 0.29) is 17.9 Å². The molecular formula is C14H27N3O2. The standard InChI is InChI=1S/C14H27N3O2/c1-11(18)16-13(12-7-4-5-8-12)14(19)15-9-6-10-17(2)3/h12-13H,4-10H2,1-3H3,(H,15,19)(H,16,18). The van der Waals surface area contributed by atoms with Crippen molar-refractivity contribution in [3.63, 3.8) is 0 Å². The molecule has 5 nitrogen and oxygen atoms in total. The molecule has 0 aromatic rings. The fourth-order valence-corrected chi connectivity index (χ4v) is 2.62. The molecule has 2 amide bonds. The van der Waals surface area contributed by atoms with E-state index in [1.165, 1.54) is 6.92 Å². The molecule has 0 bridgehead atoms. The monoisotopic (exact) mass is 269 g/mol. The van der Waals surface area contributed by atoms with Gasteiger partial charge in [-0.25, -0.2) is 0 Å². The Labute approximate surface area is 116 Å². The van der Waals surface area contributed by atoms with Crippen LogP contribution in [0.25, 0.3) is 0 Å². The van der Waals surface area contributed by atoms with Crippen LogP contribution in [0.5, 0.6) is 0 Å². The smallest absolute Gasteiger partial charge is 0.242 e.